The van der Waals surface area contributed by atoms with Gasteiger partial charge in [-0.2, -0.15) is 0 Å². The van der Waals surface area contributed by atoms with Crippen molar-refractivity contribution in [3.05, 3.63) is 28.5 Å². The summed E-state index contributed by atoms with van der Waals surface area (Å²) in [6.45, 7) is 2.13. The summed E-state index contributed by atoms with van der Waals surface area (Å²) < 4.78 is 0.828. The normalized spacial score (nSPS) is 24.4. The summed E-state index contributed by atoms with van der Waals surface area (Å²) in [4.78, 5) is 15.6. The number of hydrogen-bond donors (Lipinski definition) is 1. The van der Waals surface area contributed by atoms with Gasteiger partial charge in [0.05, 0.1) is 5.56 Å². The summed E-state index contributed by atoms with van der Waals surface area (Å²) in [5, 5.41) is 2.95. The summed E-state index contributed by atoms with van der Waals surface area (Å²) in [6.07, 6.45) is 4.33. The highest BCUT2D eigenvalue weighted by atomic mass is 79.9. The lowest BCUT2D eigenvalue weighted by Gasteiger charge is -2.03. The number of aromatic nitrogens is 1. The van der Waals surface area contributed by atoms with Crippen molar-refractivity contribution in [1.82, 2.24) is 10.3 Å². The van der Waals surface area contributed by atoms with Crippen molar-refractivity contribution in [2.75, 3.05) is 0 Å². The minimum absolute atomic E-state index is 0.0341. The Morgan fingerprint density at radius 3 is 2.93 bits per heavy atom. The third-order valence-corrected chi connectivity index (χ3v) is 2.83. The van der Waals surface area contributed by atoms with Crippen LogP contribution in [0, 0.1) is 5.92 Å². The van der Waals surface area contributed by atoms with Gasteiger partial charge in [-0.05, 0) is 34.3 Å². The average Bonchev–Trinajstić information content (AvgIpc) is 2.81. The molecule has 74 valence electrons. The van der Waals surface area contributed by atoms with E-state index in [1.165, 1.54) is 0 Å². The first kappa shape index (κ1) is 9.65. The standard InChI is InChI=1S/C10H11BrN2O/c1-6-2-9(6)13-10(14)7-3-8(11)5-12-4-7/h3-6,9H,2H2,1H3,(H,13,14). The van der Waals surface area contributed by atoms with E-state index in [9.17, 15) is 4.79 Å². The topological polar surface area (TPSA) is 42.0 Å². The number of pyridine rings is 1. The number of amides is 1. The number of rotatable bonds is 2. The highest BCUT2D eigenvalue weighted by molar-refractivity contribution is 9.10. The number of nitrogens with one attached hydrogen (secondary N) is 1. The summed E-state index contributed by atoms with van der Waals surface area (Å²) in [5.74, 6) is 0.590. The third kappa shape index (κ3) is 2.12. The number of halogens is 1. The fourth-order valence-electron chi connectivity index (χ4n) is 1.31. The van der Waals surface area contributed by atoms with E-state index in [2.05, 4.69) is 33.2 Å². The lowest BCUT2D eigenvalue weighted by molar-refractivity contribution is 0.0949. The van der Waals surface area contributed by atoms with E-state index >= 15 is 0 Å². The predicted molar refractivity (Wildman–Crippen MR) is 57.0 cm³/mol. The van der Waals surface area contributed by atoms with Gasteiger partial charge in [-0.15, -0.1) is 0 Å². The van der Waals surface area contributed by atoms with Crippen LogP contribution in [0.15, 0.2) is 22.9 Å². The lowest BCUT2D eigenvalue weighted by Crippen LogP contribution is -2.26. The molecule has 1 aliphatic carbocycles. The molecule has 0 radical (unpaired) electrons. The first-order valence-corrected chi connectivity index (χ1v) is 5.37. The molecule has 0 bridgehead atoms. The van der Waals surface area contributed by atoms with Gasteiger partial charge in [-0.25, -0.2) is 0 Å². The molecule has 0 aliphatic heterocycles. The van der Waals surface area contributed by atoms with E-state index in [1.54, 1.807) is 18.5 Å². The largest absolute Gasteiger partial charge is 0.349 e. The molecule has 14 heavy (non-hydrogen) atoms. The molecule has 2 atom stereocenters. The molecular formula is C10H11BrN2O. The quantitative estimate of drug-likeness (QED) is 0.877. The number of nitrogens with zero attached hydrogens (tertiary/aromatic N) is 1. The summed E-state index contributed by atoms with van der Waals surface area (Å²) in [5.41, 5.74) is 0.610. The molecule has 2 rings (SSSR count). The summed E-state index contributed by atoms with van der Waals surface area (Å²) >= 11 is 3.28. The first-order valence-electron chi connectivity index (χ1n) is 4.58. The van der Waals surface area contributed by atoms with Crippen molar-refractivity contribution in [2.24, 2.45) is 5.92 Å². The van der Waals surface area contributed by atoms with E-state index < -0.39 is 0 Å². The van der Waals surface area contributed by atoms with Crippen LogP contribution in [-0.2, 0) is 0 Å². The molecule has 1 aromatic rings. The molecule has 4 heteroatoms. The van der Waals surface area contributed by atoms with Gasteiger partial charge >= 0.3 is 0 Å². The maximum Gasteiger partial charge on any atom is 0.253 e. The van der Waals surface area contributed by atoms with Gasteiger partial charge in [-0.3, -0.25) is 9.78 Å². The summed E-state index contributed by atoms with van der Waals surface area (Å²) in [6, 6.07) is 2.14. The zero-order valence-electron chi connectivity index (χ0n) is 7.83. The van der Waals surface area contributed by atoms with Crippen LogP contribution in [0.4, 0.5) is 0 Å². The number of carbonyl (C=O) groups is 1. The molecule has 2 unspecified atom stereocenters. The van der Waals surface area contributed by atoms with Crippen LogP contribution in [0.3, 0.4) is 0 Å². The Bertz CT molecular complexity index is 367. The van der Waals surface area contributed by atoms with Gasteiger partial charge < -0.3 is 5.32 Å². The molecule has 3 nitrogen and oxygen atoms in total. The minimum atomic E-state index is -0.0341. The average molecular weight is 255 g/mol. The second-order valence-electron chi connectivity index (χ2n) is 3.68. The first-order chi connectivity index (χ1) is 6.66. The van der Waals surface area contributed by atoms with Crippen molar-refractivity contribution in [1.29, 1.82) is 0 Å². The van der Waals surface area contributed by atoms with E-state index in [1.807, 2.05) is 0 Å². The highest BCUT2D eigenvalue weighted by Crippen LogP contribution is 2.29. The van der Waals surface area contributed by atoms with Crippen LogP contribution in [0.2, 0.25) is 0 Å². The van der Waals surface area contributed by atoms with E-state index in [0.29, 0.717) is 17.5 Å². The molecule has 0 spiro atoms. The van der Waals surface area contributed by atoms with E-state index in [0.717, 1.165) is 10.9 Å². The Morgan fingerprint density at radius 2 is 2.36 bits per heavy atom. The van der Waals surface area contributed by atoms with Gasteiger partial charge in [-0.1, -0.05) is 6.92 Å². The molecule has 1 fully saturated rings. The Kier molecular flexibility index (Phi) is 2.54. The van der Waals surface area contributed by atoms with Gasteiger partial charge in [0.2, 0.25) is 0 Å². The third-order valence-electron chi connectivity index (χ3n) is 2.39. The molecule has 0 saturated heterocycles. The van der Waals surface area contributed by atoms with Crippen LogP contribution in [-0.4, -0.2) is 16.9 Å². The maximum absolute atomic E-state index is 11.6. The van der Waals surface area contributed by atoms with Gasteiger partial charge in [0.1, 0.15) is 0 Å². The van der Waals surface area contributed by atoms with Crippen molar-refractivity contribution >= 4 is 21.8 Å². The van der Waals surface area contributed by atoms with Crippen LogP contribution in [0.25, 0.3) is 0 Å². The fraction of sp³-hybridized carbons (Fsp3) is 0.400. The van der Waals surface area contributed by atoms with Crippen molar-refractivity contribution in [2.45, 2.75) is 19.4 Å². The lowest BCUT2D eigenvalue weighted by atomic mass is 10.2. The second kappa shape index (κ2) is 3.69. The van der Waals surface area contributed by atoms with Crippen LogP contribution >= 0.6 is 15.9 Å². The fourth-order valence-corrected chi connectivity index (χ4v) is 1.68. The zero-order valence-corrected chi connectivity index (χ0v) is 9.41. The zero-order chi connectivity index (χ0) is 10.1. The van der Waals surface area contributed by atoms with E-state index in [4.69, 9.17) is 0 Å². The maximum atomic E-state index is 11.6. The Morgan fingerprint density at radius 1 is 1.64 bits per heavy atom. The van der Waals surface area contributed by atoms with Gasteiger partial charge in [0.15, 0.2) is 0 Å². The molecule has 1 saturated carbocycles. The number of hydrogen-bond acceptors (Lipinski definition) is 2. The molecule has 0 aromatic carbocycles. The Labute approximate surface area is 91.0 Å². The Hall–Kier alpha value is -0.900. The predicted octanol–water partition coefficient (Wildman–Crippen LogP) is 1.98. The van der Waals surface area contributed by atoms with Crippen molar-refractivity contribution in [3.63, 3.8) is 0 Å². The Balaban J connectivity index is 2.03. The molecule has 1 heterocycles. The van der Waals surface area contributed by atoms with Crippen LogP contribution in [0.1, 0.15) is 23.7 Å². The smallest absolute Gasteiger partial charge is 0.253 e. The van der Waals surface area contributed by atoms with Crippen molar-refractivity contribution in [3.8, 4) is 0 Å². The summed E-state index contributed by atoms with van der Waals surface area (Å²) in [7, 11) is 0. The molecule has 1 aliphatic rings. The SMILES string of the molecule is CC1CC1NC(=O)c1cncc(Br)c1. The van der Waals surface area contributed by atoms with Gasteiger partial charge in [0, 0.05) is 22.9 Å². The molecule has 1 aromatic heterocycles. The second-order valence-corrected chi connectivity index (χ2v) is 4.60. The monoisotopic (exact) mass is 254 g/mol. The molecule has 1 amide bonds. The van der Waals surface area contributed by atoms with E-state index in [-0.39, 0.29) is 5.91 Å². The van der Waals surface area contributed by atoms with Crippen molar-refractivity contribution < 1.29 is 4.79 Å². The van der Waals surface area contributed by atoms with Gasteiger partial charge in [0.25, 0.3) is 5.91 Å². The van der Waals surface area contributed by atoms with Crippen LogP contribution in [0.5, 0.6) is 0 Å². The molecule has 1 N–H and O–H groups in total. The highest BCUT2D eigenvalue weighted by Gasteiger charge is 2.33. The van der Waals surface area contributed by atoms with Crippen LogP contribution < -0.4 is 5.32 Å². The minimum Gasteiger partial charge on any atom is -0.349 e. The number of carbonyl (C=O) groups excluding carboxylic acids is 1. The molecular weight excluding hydrogens is 244 g/mol.